The van der Waals surface area contributed by atoms with Gasteiger partial charge in [0.2, 0.25) is 5.91 Å². The maximum Gasteiger partial charge on any atom is 0.264 e. The van der Waals surface area contributed by atoms with Crippen molar-refractivity contribution in [1.82, 2.24) is 0 Å². The summed E-state index contributed by atoms with van der Waals surface area (Å²) in [5, 5.41) is 2.44. The lowest BCUT2D eigenvalue weighted by molar-refractivity contribution is -0.114. The molecule has 1 amide bonds. The van der Waals surface area contributed by atoms with E-state index < -0.39 is 28.3 Å². The summed E-state index contributed by atoms with van der Waals surface area (Å²) in [6, 6.07) is 19.0. The van der Waals surface area contributed by atoms with E-state index in [0.29, 0.717) is 10.2 Å². The lowest BCUT2D eigenvalue weighted by atomic mass is 10.1. The average molecular weight is 491 g/mol. The first-order valence-corrected chi connectivity index (χ1v) is 11.5. The number of hydrogen-bond acceptors (Lipinski definition) is 3. The highest BCUT2D eigenvalue weighted by atomic mass is 79.9. The van der Waals surface area contributed by atoms with Crippen LogP contribution >= 0.6 is 15.9 Å². The normalized spacial score (nSPS) is 11.2. The van der Waals surface area contributed by atoms with Gasteiger partial charge in [0.25, 0.3) is 10.0 Å². The lowest BCUT2D eigenvalue weighted by Crippen LogP contribution is -2.38. The van der Waals surface area contributed by atoms with Crippen molar-refractivity contribution < 1.29 is 17.6 Å². The predicted octanol–water partition coefficient (Wildman–Crippen LogP) is 4.98. The second kappa shape index (κ2) is 9.40. The Morgan fingerprint density at radius 2 is 1.70 bits per heavy atom. The summed E-state index contributed by atoms with van der Waals surface area (Å²) in [4.78, 5) is 12.7. The fourth-order valence-corrected chi connectivity index (χ4v) is 4.62. The Hall–Kier alpha value is -2.71. The van der Waals surface area contributed by atoms with Crippen LogP contribution in [0.5, 0.6) is 0 Å². The van der Waals surface area contributed by atoms with E-state index in [-0.39, 0.29) is 10.6 Å². The second-order valence-electron chi connectivity index (χ2n) is 6.52. The summed E-state index contributed by atoms with van der Waals surface area (Å²) in [6.45, 7) is 1.49. The van der Waals surface area contributed by atoms with E-state index in [1.165, 1.54) is 24.3 Å². The Morgan fingerprint density at radius 3 is 2.30 bits per heavy atom. The first kappa shape index (κ1) is 22.0. The minimum Gasteiger partial charge on any atom is -0.322 e. The van der Waals surface area contributed by atoms with E-state index in [0.717, 1.165) is 16.3 Å². The number of carbonyl (C=O) groups is 1. The molecular formula is C22H20BrFN2O3S. The Labute approximate surface area is 183 Å². The van der Waals surface area contributed by atoms with Gasteiger partial charge in [-0.15, -0.1) is 0 Å². The number of nitrogens with zero attached hydrogens (tertiary/aromatic N) is 1. The van der Waals surface area contributed by atoms with E-state index in [1.54, 1.807) is 36.4 Å². The van der Waals surface area contributed by atoms with Crippen LogP contribution in [-0.2, 0) is 21.2 Å². The number of halogens is 2. The van der Waals surface area contributed by atoms with Crippen LogP contribution in [0.3, 0.4) is 0 Å². The predicted molar refractivity (Wildman–Crippen MR) is 120 cm³/mol. The molecule has 3 aromatic rings. The average Bonchev–Trinajstić information content (AvgIpc) is 2.75. The summed E-state index contributed by atoms with van der Waals surface area (Å²) < 4.78 is 42.1. The number of sulfonamides is 1. The van der Waals surface area contributed by atoms with Crippen LogP contribution < -0.4 is 9.62 Å². The molecule has 0 aliphatic rings. The molecule has 0 atom stereocenters. The molecule has 0 aromatic heterocycles. The number of hydrogen-bond donors (Lipinski definition) is 1. The van der Waals surface area contributed by atoms with Gasteiger partial charge in [0.05, 0.1) is 16.3 Å². The zero-order chi connectivity index (χ0) is 21.7. The maximum atomic E-state index is 14.1. The molecule has 0 heterocycles. The molecule has 3 aromatic carbocycles. The topological polar surface area (TPSA) is 66.5 Å². The molecule has 0 saturated heterocycles. The largest absolute Gasteiger partial charge is 0.322 e. The molecule has 156 valence electrons. The highest BCUT2D eigenvalue weighted by molar-refractivity contribution is 9.10. The molecule has 0 saturated carbocycles. The van der Waals surface area contributed by atoms with E-state index in [9.17, 15) is 17.6 Å². The third-order valence-corrected chi connectivity index (χ3v) is 6.74. The SMILES string of the molecule is CCc1ccc(N(CC(=O)Nc2ccc(Br)cc2F)S(=O)(=O)c2ccccc2)cc1. The van der Waals surface area contributed by atoms with E-state index in [1.807, 2.05) is 19.1 Å². The standard InChI is InChI=1S/C22H20BrFN2O3S/c1-2-16-8-11-18(12-9-16)26(30(28,29)19-6-4-3-5-7-19)15-22(27)25-21-13-10-17(23)14-20(21)24/h3-14H,2,15H2,1H3,(H,25,27). The van der Waals surface area contributed by atoms with Crippen LogP contribution in [0.4, 0.5) is 15.8 Å². The van der Waals surface area contributed by atoms with Crippen molar-refractivity contribution in [2.45, 2.75) is 18.2 Å². The van der Waals surface area contributed by atoms with Crippen molar-refractivity contribution >= 4 is 43.2 Å². The van der Waals surface area contributed by atoms with Crippen molar-refractivity contribution in [2.75, 3.05) is 16.2 Å². The van der Waals surface area contributed by atoms with E-state index >= 15 is 0 Å². The van der Waals surface area contributed by atoms with Gasteiger partial charge in [0, 0.05) is 4.47 Å². The molecule has 0 bridgehead atoms. The molecular weight excluding hydrogens is 471 g/mol. The Kier molecular flexibility index (Phi) is 6.89. The van der Waals surface area contributed by atoms with Gasteiger partial charge in [-0.1, -0.05) is 53.2 Å². The van der Waals surface area contributed by atoms with Crippen LogP contribution in [0.2, 0.25) is 0 Å². The molecule has 30 heavy (non-hydrogen) atoms. The van der Waals surface area contributed by atoms with Gasteiger partial charge in [-0.3, -0.25) is 9.10 Å². The fraction of sp³-hybridized carbons (Fsp3) is 0.136. The minimum atomic E-state index is -4.01. The van der Waals surface area contributed by atoms with Gasteiger partial charge in [-0.25, -0.2) is 12.8 Å². The molecule has 8 heteroatoms. The number of amides is 1. The summed E-state index contributed by atoms with van der Waals surface area (Å²) in [5.41, 5.74) is 1.36. The van der Waals surface area contributed by atoms with Crippen molar-refractivity contribution in [3.8, 4) is 0 Å². The van der Waals surface area contributed by atoms with Gasteiger partial charge in [0.1, 0.15) is 12.4 Å². The molecule has 0 aliphatic heterocycles. The lowest BCUT2D eigenvalue weighted by Gasteiger charge is -2.24. The van der Waals surface area contributed by atoms with Gasteiger partial charge in [0.15, 0.2) is 0 Å². The molecule has 1 N–H and O–H groups in total. The molecule has 0 aliphatic carbocycles. The Morgan fingerprint density at radius 1 is 1.03 bits per heavy atom. The van der Waals surface area contributed by atoms with Crippen LogP contribution in [-0.4, -0.2) is 20.9 Å². The third kappa shape index (κ3) is 5.06. The summed E-state index contributed by atoms with van der Waals surface area (Å²) >= 11 is 3.16. The van der Waals surface area contributed by atoms with Gasteiger partial charge >= 0.3 is 0 Å². The van der Waals surface area contributed by atoms with E-state index in [4.69, 9.17) is 0 Å². The Balaban J connectivity index is 1.93. The number of carbonyl (C=O) groups excluding carboxylic acids is 1. The Bertz CT molecular complexity index is 1140. The van der Waals surface area contributed by atoms with Crippen LogP contribution in [0.1, 0.15) is 12.5 Å². The van der Waals surface area contributed by atoms with E-state index in [2.05, 4.69) is 21.2 Å². The van der Waals surface area contributed by atoms with Crippen LogP contribution in [0.15, 0.2) is 82.2 Å². The zero-order valence-electron chi connectivity index (χ0n) is 16.2. The summed E-state index contributed by atoms with van der Waals surface area (Å²) in [5.74, 6) is -1.28. The van der Waals surface area contributed by atoms with Gasteiger partial charge < -0.3 is 5.32 Å². The number of rotatable bonds is 7. The highest BCUT2D eigenvalue weighted by Gasteiger charge is 2.27. The molecule has 0 fully saturated rings. The maximum absolute atomic E-state index is 14.1. The van der Waals surface area contributed by atoms with Gasteiger partial charge in [-0.05, 0) is 54.4 Å². The first-order chi connectivity index (χ1) is 14.3. The fourth-order valence-electron chi connectivity index (χ4n) is 2.84. The molecule has 5 nitrogen and oxygen atoms in total. The van der Waals surface area contributed by atoms with Crippen molar-refractivity contribution in [3.63, 3.8) is 0 Å². The quantitative estimate of drug-likeness (QED) is 0.507. The minimum absolute atomic E-state index is 0.0263. The summed E-state index contributed by atoms with van der Waals surface area (Å²) in [7, 11) is -4.01. The van der Waals surface area contributed by atoms with Crippen LogP contribution in [0.25, 0.3) is 0 Å². The highest BCUT2D eigenvalue weighted by Crippen LogP contribution is 2.25. The van der Waals surface area contributed by atoms with Gasteiger partial charge in [-0.2, -0.15) is 0 Å². The monoisotopic (exact) mass is 490 g/mol. The van der Waals surface area contributed by atoms with Crippen molar-refractivity contribution in [2.24, 2.45) is 0 Å². The smallest absolute Gasteiger partial charge is 0.264 e. The van der Waals surface area contributed by atoms with Crippen LogP contribution in [0, 0.1) is 5.82 Å². The van der Waals surface area contributed by atoms with Crippen molar-refractivity contribution in [3.05, 3.63) is 88.6 Å². The summed E-state index contributed by atoms with van der Waals surface area (Å²) in [6.07, 6.45) is 0.801. The second-order valence-corrected chi connectivity index (χ2v) is 9.30. The molecule has 0 spiro atoms. The first-order valence-electron chi connectivity index (χ1n) is 9.23. The molecule has 3 rings (SSSR count). The number of benzene rings is 3. The van der Waals surface area contributed by atoms with Crippen molar-refractivity contribution in [1.29, 1.82) is 0 Å². The zero-order valence-corrected chi connectivity index (χ0v) is 18.6. The number of aryl methyl sites for hydroxylation is 1. The molecule has 0 radical (unpaired) electrons. The third-order valence-electron chi connectivity index (χ3n) is 4.46. The molecule has 0 unspecified atom stereocenters. The number of anilines is 2. The number of nitrogens with one attached hydrogen (secondary N) is 1.